The molecule has 0 saturated heterocycles. The molecular weight excluding hydrogens is 234 g/mol. The summed E-state index contributed by atoms with van der Waals surface area (Å²) in [5, 5.41) is 0. The van der Waals surface area contributed by atoms with Crippen LogP contribution in [0.4, 0.5) is 0 Å². The number of hydrogen-bond donors (Lipinski definition) is 1. The molecule has 2 rings (SSSR count). The van der Waals surface area contributed by atoms with Crippen LogP contribution in [0.15, 0.2) is 60.7 Å². The van der Waals surface area contributed by atoms with E-state index in [1.807, 2.05) is 18.2 Å². The van der Waals surface area contributed by atoms with E-state index in [0.717, 1.165) is 32.4 Å². The number of nitrogens with one attached hydrogen (secondary N) is 1. The molecule has 19 heavy (non-hydrogen) atoms. The minimum Gasteiger partial charge on any atom is -0.301 e. The Morgan fingerprint density at radius 2 is 1.37 bits per heavy atom. The normalized spacial score (nSPS) is 10.5. The molecule has 0 aliphatic carbocycles. The lowest BCUT2D eigenvalue weighted by atomic mass is 10.1. The smallest absolute Gasteiger partial charge is 0.0682 e. The van der Waals surface area contributed by atoms with Gasteiger partial charge in [0, 0.05) is 6.54 Å². The Labute approximate surface area is 115 Å². The Balaban J connectivity index is 1.49. The van der Waals surface area contributed by atoms with Gasteiger partial charge < -0.3 is 4.84 Å². The van der Waals surface area contributed by atoms with E-state index in [2.05, 4.69) is 47.9 Å². The van der Waals surface area contributed by atoms with Crippen molar-refractivity contribution in [2.24, 2.45) is 0 Å². The van der Waals surface area contributed by atoms with Crippen LogP contribution in [0.3, 0.4) is 0 Å². The van der Waals surface area contributed by atoms with E-state index in [0.29, 0.717) is 0 Å². The van der Waals surface area contributed by atoms with Gasteiger partial charge in [0.05, 0.1) is 6.61 Å². The van der Waals surface area contributed by atoms with E-state index in [1.165, 1.54) is 11.1 Å². The molecule has 0 aromatic heterocycles. The molecule has 0 aliphatic heterocycles. The zero-order chi connectivity index (χ0) is 13.2. The molecule has 0 spiro atoms. The van der Waals surface area contributed by atoms with E-state index in [4.69, 9.17) is 4.84 Å². The van der Waals surface area contributed by atoms with Gasteiger partial charge in [0.2, 0.25) is 0 Å². The largest absolute Gasteiger partial charge is 0.301 e. The van der Waals surface area contributed by atoms with Gasteiger partial charge in [-0.05, 0) is 30.4 Å². The molecule has 0 bridgehead atoms. The van der Waals surface area contributed by atoms with Gasteiger partial charge in [0.25, 0.3) is 0 Å². The summed E-state index contributed by atoms with van der Waals surface area (Å²) in [5.74, 6) is 0. The highest BCUT2D eigenvalue weighted by atomic mass is 16.6. The van der Waals surface area contributed by atoms with Crippen molar-refractivity contribution in [3.63, 3.8) is 0 Å². The summed E-state index contributed by atoms with van der Waals surface area (Å²) in [5.41, 5.74) is 5.65. The predicted octanol–water partition coefficient (Wildman–Crippen LogP) is 3.73. The fourth-order valence-corrected chi connectivity index (χ4v) is 1.95. The molecule has 2 aromatic rings. The lowest BCUT2D eigenvalue weighted by Crippen LogP contribution is -2.14. The van der Waals surface area contributed by atoms with Crippen LogP contribution in [-0.4, -0.2) is 6.61 Å². The molecule has 100 valence electrons. The summed E-state index contributed by atoms with van der Waals surface area (Å²) in [4.78, 5) is 5.43. The second kappa shape index (κ2) is 8.46. The number of benzene rings is 2. The molecule has 2 heteroatoms. The van der Waals surface area contributed by atoms with Gasteiger partial charge in [-0.1, -0.05) is 60.7 Å². The maximum Gasteiger partial charge on any atom is 0.0682 e. The second-order valence-electron chi connectivity index (χ2n) is 4.60. The van der Waals surface area contributed by atoms with Crippen LogP contribution in [-0.2, 0) is 17.8 Å². The standard InChI is InChI=1S/C17H21NO/c1-3-9-16(10-4-1)11-7-8-14-19-18-15-17-12-5-2-6-13-17/h1-6,9-10,12-13,18H,7-8,11,14-15H2. The molecule has 0 amide bonds. The van der Waals surface area contributed by atoms with Crippen molar-refractivity contribution in [2.75, 3.05) is 6.61 Å². The zero-order valence-corrected chi connectivity index (χ0v) is 11.2. The fourth-order valence-electron chi connectivity index (χ4n) is 1.95. The van der Waals surface area contributed by atoms with Crippen molar-refractivity contribution in [3.05, 3.63) is 71.8 Å². The van der Waals surface area contributed by atoms with Crippen LogP contribution in [0.5, 0.6) is 0 Å². The molecule has 0 aliphatic rings. The van der Waals surface area contributed by atoms with Crippen LogP contribution in [0.2, 0.25) is 0 Å². The van der Waals surface area contributed by atoms with Gasteiger partial charge in [0.15, 0.2) is 0 Å². The van der Waals surface area contributed by atoms with E-state index >= 15 is 0 Å². The fraction of sp³-hybridized carbons (Fsp3) is 0.294. The molecule has 2 aromatic carbocycles. The predicted molar refractivity (Wildman–Crippen MR) is 78.6 cm³/mol. The van der Waals surface area contributed by atoms with Crippen LogP contribution in [0, 0.1) is 0 Å². The van der Waals surface area contributed by atoms with E-state index in [9.17, 15) is 0 Å². The summed E-state index contributed by atoms with van der Waals surface area (Å²) in [6.45, 7) is 1.53. The first-order chi connectivity index (χ1) is 9.45. The van der Waals surface area contributed by atoms with E-state index < -0.39 is 0 Å². The first-order valence-electron chi connectivity index (χ1n) is 6.87. The highest BCUT2D eigenvalue weighted by Gasteiger charge is 1.94. The monoisotopic (exact) mass is 255 g/mol. The van der Waals surface area contributed by atoms with Crippen LogP contribution in [0.1, 0.15) is 24.0 Å². The first-order valence-corrected chi connectivity index (χ1v) is 6.87. The number of rotatable bonds is 8. The zero-order valence-electron chi connectivity index (χ0n) is 11.2. The molecule has 0 unspecified atom stereocenters. The van der Waals surface area contributed by atoms with Crippen LogP contribution in [0.25, 0.3) is 0 Å². The third kappa shape index (κ3) is 5.69. The van der Waals surface area contributed by atoms with E-state index in [1.54, 1.807) is 0 Å². The summed E-state index contributed by atoms with van der Waals surface area (Å²) in [6, 6.07) is 20.9. The number of aryl methyl sites for hydroxylation is 1. The third-order valence-corrected chi connectivity index (χ3v) is 3.03. The molecule has 0 heterocycles. The number of hydrogen-bond acceptors (Lipinski definition) is 2. The molecular formula is C17H21NO. The van der Waals surface area contributed by atoms with Gasteiger partial charge in [-0.25, -0.2) is 0 Å². The van der Waals surface area contributed by atoms with Crippen LogP contribution < -0.4 is 5.48 Å². The number of hydroxylamine groups is 1. The third-order valence-electron chi connectivity index (χ3n) is 3.03. The molecule has 0 radical (unpaired) electrons. The van der Waals surface area contributed by atoms with Crippen molar-refractivity contribution < 1.29 is 4.84 Å². The first kappa shape index (κ1) is 13.8. The Morgan fingerprint density at radius 3 is 2.05 bits per heavy atom. The molecule has 0 saturated carbocycles. The van der Waals surface area contributed by atoms with Crippen molar-refractivity contribution in [1.29, 1.82) is 0 Å². The van der Waals surface area contributed by atoms with Crippen molar-refractivity contribution >= 4 is 0 Å². The average Bonchev–Trinajstić information content (AvgIpc) is 2.48. The lowest BCUT2D eigenvalue weighted by Gasteiger charge is -2.06. The maximum atomic E-state index is 5.43. The Bertz CT molecular complexity index is 398. The highest BCUT2D eigenvalue weighted by molar-refractivity contribution is 5.14. The quantitative estimate of drug-likeness (QED) is 0.573. The topological polar surface area (TPSA) is 21.3 Å². The van der Waals surface area contributed by atoms with Crippen molar-refractivity contribution in [2.45, 2.75) is 25.8 Å². The van der Waals surface area contributed by atoms with E-state index in [-0.39, 0.29) is 0 Å². The second-order valence-corrected chi connectivity index (χ2v) is 4.60. The van der Waals surface area contributed by atoms with Crippen molar-refractivity contribution in [3.8, 4) is 0 Å². The van der Waals surface area contributed by atoms with Gasteiger partial charge in [-0.3, -0.25) is 0 Å². The molecule has 0 atom stereocenters. The Morgan fingerprint density at radius 1 is 0.737 bits per heavy atom. The molecule has 2 nitrogen and oxygen atoms in total. The van der Waals surface area contributed by atoms with Crippen LogP contribution >= 0.6 is 0 Å². The van der Waals surface area contributed by atoms with Gasteiger partial charge in [-0.2, -0.15) is 5.48 Å². The number of unbranched alkanes of at least 4 members (excludes halogenated alkanes) is 1. The molecule has 1 N–H and O–H groups in total. The minimum atomic E-state index is 0.763. The Hall–Kier alpha value is -1.64. The summed E-state index contributed by atoms with van der Waals surface area (Å²) in [7, 11) is 0. The van der Waals surface area contributed by atoms with Gasteiger partial charge in [-0.15, -0.1) is 0 Å². The lowest BCUT2D eigenvalue weighted by molar-refractivity contribution is 0.0343. The van der Waals surface area contributed by atoms with Gasteiger partial charge >= 0.3 is 0 Å². The van der Waals surface area contributed by atoms with Crippen molar-refractivity contribution in [1.82, 2.24) is 5.48 Å². The van der Waals surface area contributed by atoms with Gasteiger partial charge in [0.1, 0.15) is 0 Å². The SMILES string of the molecule is c1ccc(CCCCONCc2ccccc2)cc1. The minimum absolute atomic E-state index is 0.763. The average molecular weight is 255 g/mol. The Kier molecular flexibility index (Phi) is 6.14. The highest BCUT2D eigenvalue weighted by Crippen LogP contribution is 2.04. The summed E-state index contributed by atoms with van der Waals surface area (Å²) >= 11 is 0. The summed E-state index contributed by atoms with van der Waals surface area (Å²) in [6.07, 6.45) is 3.37. The summed E-state index contributed by atoms with van der Waals surface area (Å²) < 4.78 is 0. The molecule has 0 fully saturated rings. The maximum absolute atomic E-state index is 5.43.